The molecule has 2 amide bonds. The van der Waals surface area contributed by atoms with Gasteiger partial charge in [-0.25, -0.2) is 8.42 Å². The van der Waals surface area contributed by atoms with E-state index in [1.54, 1.807) is 49.4 Å². The van der Waals surface area contributed by atoms with Crippen LogP contribution in [0, 0.1) is 20.8 Å². The summed E-state index contributed by atoms with van der Waals surface area (Å²) in [5.41, 5.74) is 3.41. The number of halogens is 2. The Labute approximate surface area is 253 Å². The molecule has 0 saturated heterocycles. The van der Waals surface area contributed by atoms with E-state index in [1.807, 2.05) is 40.7 Å². The summed E-state index contributed by atoms with van der Waals surface area (Å²) in [4.78, 5) is 28.7. The van der Waals surface area contributed by atoms with Gasteiger partial charge in [-0.3, -0.25) is 13.9 Å². The molecule has 0 aliphatic rings. The Morgan fingerprint density at radius 1 is 0.878 bits per heavy atom. The molecule has 1 N–H and O–H groups in total. The fourth-order valence-corrected chi connectivity index (χ4v) is 6.28. The number of amides is 2. The molecule has 41 heavy (non-hydrogen) atoms. The van der Waals surface area contributed by atoms with Crippen molar-refractivity contribution < 1.29 is 18.0 Å². The van der Waals surface area contributed by atoms with Gasteiger partial charge in [-0.2, -0.15) is 0 Å². The smallest absolute Gasteiger partial charge is 0.264 e. The molecule has 2 atom stereocenters. The highest BCUT2D eigenvalue weighted by molar-refractivity contribution is 7.92. The van der Waals surface area contributed by atoms with Crippen molar-refractivity contribution in [3.05, 3.63) is 93.0 Å². The maximum atomic E-state index is 14.1. The number of hydrogen-bond acceptors (Lipinski definition) is 4. The number of rotatable bonds is 11. The van der Waals surface area contributed by atoms with E-state index in [2.05, 4.69) is 5.32 Å². The zero-order valence-corrected chi connectivity index (χ0v) is 26.6. The minimum atomic E-state index is -4.16. The van der Waals surface area contributed by atoms with E-state index in [4.69, 9.17) is 23.2 Å². The predicted octanol–water partition coefficient (Wildman–Crippen LogP) is 6.45. The summed E-state index contributed by atoms with van der Waals surface area (Å²) >= 11 is 12.9. The lowest BCUT2D eigenvalue weighted by Gasteiger charge is -2.33. The third-order valence-corrected chi connectivity index (χ3v) is 9.44. The predicted molar refractivity (Wildman–Crippen MR) is 166 cm³/mol. The molecule has 10 heteroatoms. The van der Waals surface area contributed by atoms with Crippen molar-refractivity contribution >= 4 is 50.7 Å². The number of hydrogen-bond donors (Lipinski definition) is 1. The van der Waals surface area contributed by atoms with Crippen molar-refractivity contribution in [2.45, 2.75) is 71.5 Å². The van der Waals surface area contributed by atoms with Gasteiger partial charge in [0.05, 0.1) is 10.6 Å². The molecular weight excluding hydrogens is 581 g/mol. The molecule has 3 rings (SSSR count). The SMILES string of the molecule is CC[C@H](C)NC(=O)[C@H](C)N(Cc1c(Cl)cccc1Cl)C(=O)CN(c1cc(C)cc(C)c1)S(=O)(=O)c1ccc(C)cc1. The maximum absolute atomic E-state index is 14.1. The Kier molecular flexibility index (Phi) is 10.9. The normalized spacial score (nSPS) is 12.9. The molecule has 0 saturated carbocycles. The van der Waals surface area contributed by atoms with Gasteiger partial charge in [0.25, 0.3) is 10.0 Å². The van der Waals surface area contributed by atoms with Crippen LogP contribution >= 0.6 is 23.2 Å². The number of benzene rings is 3. The van der Waals surface area contributed by atoms with Crippen LogP contribution in [0.3, 0.4) is 0 Å². The van der Waals surface area contributed by atoms with E-state index in [-0.39, 0.29) is 23.4 Å². The first-order valence-corrected chi connectivity index (χ1v) is 15.6. The molecular formula is C31H37Cl2N3O4S. The summed E-state index contributed by atoms with van der Waals surface area (Å²) in [6.45, 7) is 10.4. The lowest BCUT2D eigenvalue weighted by molar-refractivity contribution is -0.139. The Balaban J connectivity index is 2.10. The van der Waals surface area contributed by atoms with Crippen LogP contribution in [0.2, 0.25) is 10.0 Å². The maximum Gasteiger partial charge on any atom is 0.264 e. The Bertz CT molecular complexity index is 1470. The van der Waals surface area contributed by atoms with Crippen LogP contribution in [-0.4, -0.2) is 43.8 Å². The second kappa shape index (κ2) is 13.7. The number of nitrogens with one attached hydrogen (secondary N) is 1. The van der Waals surface area contributed by atoms with Crippen LogP contribution in [0.15, 0.2) is 65.6 Å². The molecule has 220 valence electrons. The van der Waals surface area contributed by atoms with Gasteiger partial charge >= 0.3 is 0 Å². The van der Waals surface area contributed by atoms with E-state index in [9.17, 15) is 18.0 Å². The standard InChI is InChI=1S/C31H37Cl2N3O4S/c1-7-23(5)34-31(38)24(6)35(18-27-28(32)9-8-10-29(27)33)30(37)19-36(25-16-21(3)15-22(4)17-25)41(39,40)26-13-11-20(2)12-14-26/h8-17,23-24H,7,18-19H2,1-6H3,(H,34,38)/t23-,24-/m0/s1. The quantitative estimate of drug-likeness (QED) is 0.268. The van der Waals surface area contributed by atoms with E-state index >= 15 is 0 Å². The van der Waals surface area contributed by atoms with Crippen molar-refractivity contribution in [2.24, 2.45) is 0 Å². The first-order valence-electron chi connectivity index (χ1n) is 13.4. The van der Waals surface area contributed by atoms with Gasteiger partial charge in [-0.15, -0.1) is 0 Å². The van der Waals surface area contributed by atoms with Gasteiger partial charge < -0.3 is 10.2 Å². The molecule has 0 spiro atoms. The molecule has 0 fully saturated rings. The monoisotopic (exact) mass is 617 g/mol. The number of sulfonamides is 1. The second-order valence-electron chi connectivity index (χ2n) is 10.4. The van der Waals surface area contributed by atoms with E-state index < -0.39 is 28.5 Å². The van der Waals surface area contributed by atoms with Gasteiger partial charge in [0.15, 0.2) is 0 Å². The van der Waals surface area contributed by atoms with Crippen LogP contribution in [0.5, 0.6) is 0 Å². The van der Waals surface area contributed by atoms with Crippen LogP contribution in [0.1, 0.15) is 49.4 Å². The number of carbonyl (C=O) groups is 2. The molecule has 3 aromatic carbocycles. The lowest BCUT2D eigenvalue weighted by Crippen LogP contribution is -2.52. The van der Waals surface area contributed by atoms with Crippen LogP contribution in [-0.2, 0) is 26.2 Å². The van der Waals surface area contributed by atoms with Gasteiger partial charge in [-0.05, 0) is 88.6 Å². The molecule has 0 heterocycles. The number of carbonyl (C=O) groups excluding carboxylic acids is 2. The molecule has 0 bridgehead atoms. The topological polar surface area (TPSA) is 86.8 Å². The van der Waals surface area contributed by atoms with Gasteiger partial charge in [0.1, 0.15) is 12.6 Å². The largest absolute Gasteiger partial charge is 0.352 e. The molecule has 3 aromatic rings. The van der Waals surface area contributed by atoms with E-state index in [0.29, 0.717) is 27.7 Å². The van der Waals surface area contributed by atoms with E-state index in [1.165, 1.54) is 17.0 Å². The highest BCUT2D eigenvalue weighted by Gasteiger charge is 2.33. The molecule has 0 aliphatic carbocycles. The lowest BCUT2D eigenvalue weighted by atomic mass is 10.1. The minimum absolute atomic E-state index is 0.0540. The van der Waals surface area contributed by atoms with Crippen molar-refractivity contribution in [3.63, 3.8) is 0 Å². The van der Waals surface area contributed by atoms with Crippen molar-refractivity contribution in [1.82, 2.24) is 10.2 Å². The summed E-state index contributed by atoms with van der Waals surface area (Å²) in [5, 5.41) is 3.58. The average Bonchev–Trinajstić information content (AvgIpc) is 2.90. The van der Waals surface area contributed by atoms with E-state index in [0.717, 1.165) is 21.0 Å². The third-order valence-electron chi connectivity index (χ3n) is 6.94. The fourth-order valence-electron chi connectivity index (χ4n) is 4.36. The van der Waals surface area contributed by atoms with Gasteiger partial charge in [0.2, 0.25) is 11.8 Å². The summed E-state index contributed by atoms with van der Waals surface area (Å²) < 4.78 is 29.1. The molecule has 0 aromatic heterocycles. The Hall–Kier alpha value is -3.07. The highest BCUT2D eigenvalue weighted by atomic mass is 35.5. The zero-order valence-electron chi connectivity index (χ0n) is 24.2. The van der Waals surface area contributed by atoms with Gasteiger partial charge in [0, 0.05) is 28.2 Å². The van der Waals surface area contributed by atoms with Crippen LogP contribution < -0.4 is 9.62 Å². The second-order valence-corrected chi connectivity index (χ2v) is 13.1. The molecule has 0 unspecified atom stereocenters. The van der Waals surface area contributed by atoms with Crippen molar-refractivity contribution in [2.75, 3.05) is 10.8 Å². The van der Waals surface area contributed by atoms with Crippen LogP contribution in [0.4, 0.5) is 5.69 Å². The highest BCUT2D eigenvalue weighted by Crippen LogP contribution is 2.29. The molecule has 7 nitrogen and oxygen atoms in total. The average molecular weight is 619 g/mol. The number of aryl methyl sites for hydroxylation is 3. The summed E-state index contributed by atoms with van der Waals surface area (Å²) in [6, 6.07) is 15.8. The summed E-state index contributed by atoms with van der Waals surface area (Å²) in [6.07, 6.45) is 0.706. The Morgan fingerprint density at radius 2 is 1.44 bits per heavy atom. The molecule has 0 radical (unpaired) electrons. The summed E-state index contributed by atoms with van der Waals surface area (Å²) in [7, 11) is -4.16. The number of anilines is 1. The third kappa shape index (κ3) is 8.03. The minimum Gasteiger partial charge on any atom is -0.352 e. The summed E-state index contributed by atoms with van der Waals surface area (Å²) in [5.74, 6) is -0.946. The Morgan fingerprint density at radius 3 is 1.98 bits per heavy atom. The molecule has 0 aliphatic heterocycles. The van der Waals surface area contributed by atoms with Crippen LogP contribution in [0.25, 0.3) is 0 Å². The first kappa shape index (κ1) is 32.4. The fraction of sp³-hybridized carbons (Fsp3) is 0.355. The zero-order chi connectivity index (χ0) is 30.5. The van der Waals surface area contributed by atoms with Gasteiger partial charge in [-0.1, -0.05) is 60.0 Å². The van der Waals surface area contributed by atoms with Crippen molar-refractivity contribution in [3.8, 4) is 0 Å². The van der Waals surface area contributed by atoms with Crippen molar-refractivity contribution in [1.29, 1.82) is 0 Å². The first-order chi connectivity index (χ1) is 19.2. The number of nitrogens with zero attached hydrogens (tertiary/aromatic N) is 2.